The maximum absolute atomic E-state index is 12.2. The molecule has 2 aromatic rings. The Morgan fingerprint density at radius 2 is 2.30 bits per heavy atom. The third-order valence-electron chi connectivity index (χ3n) is 2.86. The van der Waals surface area contributed by atoms with Gasteiger partial charge >= 0.3 is 0 Å². The van der Waals surface area contributed by atoms with E-state index in [0.29, 0.717) is 23.1 Å². The first-order valence-corrected chi connectivity index (χ1v) is 6.38. The van der Waals surface area contributed by atoms with E-state index in [9.17, 15) is 4.79 Å². The molecule has 2 rings (SSSR count). The molecule has 0 saturated heterocycles. The zero-order valence-corrected chi connectivity index (χ0v) is 12.0. The molecule has 1 aromatic heterocycles. The van der Waals surface area contributed by atoms with Crippen LogP contribution in [0.3, 0.4) is 0 Å². The first-order chi connectivity index (χ1) is 9.60. The summed E-state index contributed by atoms with van der Waals surface area (Å²) in [5.41, 5.74) is 0.759. The predicted molar refractivity (Wildman–Crippen MR) is 74.6 cm³/mol. The maximum Gasteiger partial charge on any atom is 0.227 e. The Bertz CT molecular complexity index is 586. The molecule has 0 atom stereocenters. The van der Waals surface area contributed by atoms with E-state index in [2.05, 4.69) is 15.2 Å². The number of benzene rings is 1. The smallest absolute Gasteiger partial charge is 0.227 e. The number of halogens is 1. The highest BCUT2D eigenvalue weighted by Crippen LogP contribution is 2.23. The van der Waals surface area contributed by atoms with Crippen LogP contribution in [-0.4, -0.2) is 40.1 Å². The zero-order valence-electron chi connectivity index (χ0n) is 11.3. The van der Waals surface area contributed by atoms with Gasteiger partial charge in [0.1, 0.15) is 17.9 Å². The van der Waals surface area contributed by atoms with Crippen molar-refractivity contribution in [2.24, 2.45) is 0 Å². The molecule has 20 heavy (non-hydrogen) atoms. The number of hydrogen-bond acceptors (Lipinski definition) is 4. The molecule has 0 unspecified atom stereocenters. The maximum atomic E-state index is 12.2. The van der Waals surface area contributed by atoms with E-state index in [-0.39, 0.29) is 12.3 Å². The van der Waals surface area contributed by atoms with Crippen molar-refractivity contribution < 1.29 is 9.53 Å². The minimum absolute atomic E-state index is 0.0537. The minimum Gasteiger partial charge on any atom is -0.496 e. The van der Waals surface area contributed by atoms with Gasteiger partial charge in [-0.1, -0.05) is 11.6 Å². The molecular formula is C13H15ClN4O2. The van der Waals surface area contributed by atoms with Crippen LogP contribution in [0.4, 0.5) is 0 Å². The zero-order chi connectivity index (χ0) is 14.5. The lowest BCUT2D eigenvalue weighted by atomic mass is 10.1. The van der Waals surface area contributed by atoms with Crippen LogP contribution in [0.2, 0.25) is 5.02 Å². The highest BCUT2D eigenvalue weighted by molar-refractivity contribution is 6.30. The Hall–Kier alpha value is -2.08. The lowest BCUT2D eigenvalue weighted by Crippen LogP contribution is -2.28. The number of carbonyl (C=O) groups excluding carboxylic acids is 1. The first-order valence-electron chi connectivity index (χ1n) is 6.00. The second kappa shape index (κ2) is 6.38. The molecule has 0 spiro atoms. The molecule has 1 aromatic carbocycles. The van der Waals surface area contributed by atoms with Crippen molar-refractivity contribution in [3.63, 3.8) is 0 Å². The monoisotopic (exact) mass is 294 g/mol. The van der Waals surface area contributed by atoms with Crippen molar-refractivity contribution in [3.8, 4) is 5.75 Å². The van der Waals surface area contributed by atoms with Gasteiger partial charge in [-0.2, -0.15) is 5.10 Å². The van der Waals surface area contributed by atoms with E-state index in [1.807, 2.05) is 0 Å². The van der Waals surface area contributed by atoms with Gasteiger partial charge in [-0.25, -0.2) is 4.98 Å². The molecular weight excluding hydrogens is 280 g/mol. The average Bonchev–Trinajstić information content (AvgIpc) is 2.91. The molecule has 6 nitrogen and oxygen atoms in total. The minimum atomic E-state index is -0.0537. The number of nitrogens with one attached hydrogen (secondary N) is 1. The van der Waals surface area contributed by atoms with Gasteiger partial charge in [0.05, 0.1) is 20.1 Å². The van der Waals surface area contributed by atoms with Gasteiger partial charge in [0.2, 0.25) is 5.91 Å². The average molecular weight is 295 g/mol. The van der Waals surface area contributed by atoms with Gasteiger partial charge in [-0.3, -0.25) is 9.89 Å². The third kappa shape index (κ3) is 3.48. The fraction of sp³-hybridized carbons (Fsp3) is 0.308. The molecule has 1 N–H and O–H groups in total. The second-order valence-corrected chi connectivity index (χ2v) is 4.75. The van der Waals surface area contributed by atoms with Crippen LogP contribution in [0.1, 0.15) is 11.4 Å². The lowest BCUT2D eigenvalue weighted by molar-refractivity contribution is -0.129. The summed E-state index contributed by atoms with van der Waals surface area (Å²) in [6, 6.07) is 5.22. The summed E-state index contributed by atoms with van der Waals surface area (Å²) >= 11 is 5.95. The molecule has 0 fully saturated rings. The number of aromatic amines is 1. The number of methoxy groups -OCH3 is 1. The first kappa shape index (κ1) is 14.3. The topological polar surface area (TPSA) is 71.1 Å². The van der Waals surface area contributed by atoms with E-state index in [0.717, 1.165) is 5.56 Å². The molecule has 106 valence electrons. The van der Waals surface area contributed by atoms with Crippen LogP contribution in [0.15, 0.2) is 24.5 Å². The van der Waals surface area contributed by atoms with E-state index >= 15 is 0 Å². The Kier molecular flexibility index (Phi) is 4.57. The Labute approximate surface area is 121 Å². The molecule has 0 aliphatic heterocycles. The number of aromatic nitrogens is 3. The number of hydrogen-bond donors (Lipinski definition) is 1. The highest BCUT2D eigenvalue weighted by atomic mass is 35.5. The summed E-state index contributed by atoms with van der Waals surface area (Å²) in [6.45, 7) is 0.377. The van der Waals surface area contributed by atoms with Crippen molar-refractivity contribution in [3.05, 3.63) is 40.9 Å². The van der Waals surface area contributed by atoms with Crippen LogP contribution in [0.25, 0.3) is 0 Å². The molecule has 1 heterocycles. The Balaban J connectivity index is 2.05. The summed E-state index contributed by atoms with van der Waals surface area (Å²) < 4.78 is 5.23. The van der Waals surface area contributed by atoms with Crippen molar-refractivity contribution in [2.75, 3.05) is 14.2 Å². The molecule has 7 heteroatoms. The fourth-order valence-corrected chi connectivity index (χ4v) is 2.00. The van der Waals surface area contributed by atoms with Crippen molar-refractivity contribution in [1.29, 1.82) is 0 Å². The number of rotatable bonds is 5. The van der Waals surface area contributed by atoms with Crippen LogP contribution in [0.5, 0.6) is 5.75 Å². The molecule has 0 saturated carbocycles. The van der Waals surface area contributed by atoms with E-state index < -0.39 is 0 Å². The standard InChI is InChI=1S/C13H15ClN4O2/c1-18(7-12-15-8-16-17-12)13(19)6-9-5-10(14)3-4-11(9)20-2/h3-5,8H,6-7H2,1-2H3,(H,15,16,17). The number of nitrogens with zero attached hydrogens (tertiary/aromatic N) is 3. The molecule has 0 aliphatic rings. The predicted octanol–water partition coefficient (Wildman–Crippen LogP) is 1.67. The fourth-order valence-electron chi connectivity index (χ4n) is 1.80. The summed E-state index contributed by atoms with van der Waals surface area (Å²) in [5.74, 6) is 1.23. The molecule has 0 aliphatic carbocycles. The van der Waals surface area contributed by atoms with Crippen LogP contribution < -0.4 is 4.74 Å². The number of ether oxygens (including phenoxy) is 1. The van der Waals surface area contributed by atoms with Gasteiger partial charge in [-0.05, 0) is 18.2 Å². The number of H-pyrrole nitrogens is 1. The summed E-state index contributed by atoms with van der Waals surface area (Å²) in [7, 11) is 3.28. The van der Waals surface area contributed by atoms with Gasteiger partial charge in [0, 0.05) is 17.6 Å². The van der Waals surface area contributed by atoms with Gasteiger partial charge in [-0.15, -0.1) is 0 Å². The highest BCUT2D eigenvalue weighted by Gasteiger charge is 2.14. The Morgan fingerprint density at radius 1 is 1.50 bits per heavy atom. The molecule has 1 amide bonds. The molecule has 0 radical (unpaired) electrons. The molecule has 0 bridgehead atoms. The van der Waals surface area contributed by atoms with E-state index in [1.54, 1.807) is 37.3 Å². The Morgan fingerprint density at radius 3 is 2.95 bits per heavy atom. The van der Waals surface area contributed by atoms with E-state index in [4.69, 9.17) is 16.3 Å². The van der Waals surface area contributed by atoms with Crippen LogP contribution >= 0.6 is 11.6 Å². The summed E-state index contributed by atoms with van der Waals surface area (Å²) in [5, 5.41) is 7.04. The van der Waals surface area contributed by atoms with Crippen molar-refractivity contribution in [1.82, 2.24) is 20.1 Å². The largest absolute Gasteiger partial charge is 0.496 e. The summed E-state index contributed by atoms with van der Waals surface area (Å²) in [4.78, 5) is 17.7. The van der Waals surface area contributed by atoms with Crippen LogP contribution in [-0.2, 0) is 17.8 Å². The van der Waals surface area contributed by atoms with Crippen LogP contribution in [0, 0.1) is 0 Å². The van der Waals surface area contributed by atoms with Gasteiger partial charge in [0.15, 0.2) is 0 Å². The van der Waals surface area contributed by atoms with Gasteiger partial charge < -0.3 is 9.64 Å². The van der Waals surface area contributed by atoms with E-state index in [1.165, 1.54) is 6.33 Å². The summed E-state index contributed by atoms with van der Waals surface area (Å²) in [6.07, 6.45) is 1.63. The normalized spacial score (nSPS) is 10.3. The quantitative estimate of drug-likeness (QED) is 0.910. The number of likely N-dealkylation sites (N-methyl/N-ethyl adjacent to an activating group) is 1. The number of carbonyl (C=O) groups is 1. The lowest BCUT2D eigenvalue weighted by Gasteiger charge is -2.16. The van der Waals surface area contributed by atoms with Crippen molar-refractivity contribution in [2.45, 2.75) is 13.0 Å². The SMILES string of the molecule is COc1ccc(Cl)cc1CC(=O)N(C)Cc1ncn[nH]1. The second-order valence-electron chi connectivity index (χ2n) is 4.31. The third-order valence-corrected chi connectivity index (χ3v) is 3.10. The number of amides is 1. The van der Waals surface area contributed by atoms with Crippen molar-refractivity contribution >= 4 is 17.5 Å². The van der Waals surface area contributed by atoms with Gasteiger partial charge in [0.25, 0.3) is 0 Å².